The van der Waals surface area contributed by atoms with Crippen molar-refractivity contribution in [1.29, 1.82) is 0 Å². The van der Waals surface area contributed by atoms with Crippen LogP contribution in [0.5, 0.6) is 5.75 Å². The number of nitrogens with zero attached hydrogens (tertiary/aromatic N) is 2. The van der Waals surface area contributed by atoms with Crippen molar-refractivity contribution >= 4 is 38.4 Å². The Bertz CT molecular complexity index is 907. The fourth-order valence-corrected chi connectivity index (χ4v) is 4.18. The van der Waals surface area contributed by atoms with E-state index in [1.54, 1.807) is 6.20 Å². The SMILES string of the molecule is Oc1c([C@H](c2ccc(Br)cc2)N2CCCC2)cc(Cl)c2cccnc12. The average molecular weight is 418 g/mol. The van der Waals surface area contributed by atoms with E-state index in [-0.39, 0.29) is 11.8 Å². The minimum Gasteiger partial charge on any atom is -0.505 e. The summed E-state index contributed by atoms with van der Waals surface area (Å²) in [4.78, 5) is 6.76. The van der Waals surface area contributed by atoms with Gasteiger partial charge in [-0.1, -0.05) is 39.7 Å². The molecule has 0 spiro atoms. The van der Waals surface area contributed by atoms with E-state index < -0.39 is 0 Å². The van der Waals surface area contributed by atoms with Crippen LogP contribution in [0.4, 0.5) is 0 Å². The van der Waals surface area contributed by atoms with Crippen LogP contribution in [0.15, 0.2) is 53.1 Å². The number of rotatable bonds is 3. The standard InChI is InChI=1S/C20H18BrClN2O/c21-14-7-5-13(6-8-14)19(24-10-1-2-11-24)16-12-17(22)15-4-3-9-23-18(15)20(16)25/h3-9,12,19,25H,1-2,10-11H2/t19-/m0/s1. The van der Waals surface area contributed by atoms with Gasteiger partial charge in [-0.2, -0.15) is 0 Å². The maximum atomic E-state index is 11.0. The Hall–Kier alpha value is -1.62. The number of hydrogen-bond acceptors (Lipinski definition) is 3. The molecule has 128 valence electrons. The lowest BCUT2D eigenvalue weighted by atomic mass is 9.95. The highest BCUT2D eigenvalue weighted by atomic mass is 79.9. The predicted octanol–water partition coefficient (Wildman–Crippen LogP) is 5.54. The molecule has 2 heterocycles. The minimum absolute atomic E-state index is 0.0282. The first-order valence-electron chi connectivity index (χ1n) is 8.41. The van der Waals surface area contributed by atoms with Crippen LogP contribution >= 0.6 is 27.5 Å². The van der Waals surface area contributed by atoms with Crippen molar-refractivity contribution in [3.63, 3.8) is 0 Å². The molecule has 1 aromatic heterocycles. The van der Waals surface area contributed by atoms with E-state index in [4.69, 9.17) is 11.6 Å². The average Bonchev–Trinajstić information content (AvgIpc) is 3.15. The molecule has 25 heavy (non-hydrogen) atoms. The first-order chi connectivity index (χ1) is 12.1. The molecule has 0 amide bonds. The number of benzene rings is 2. The topological polar surface area (TPSA) is 36.4 Å². The van der Waals surface area contributed by atoms with Gasteiger partial charge in [0, 0.05) is 21.6 Å². The highest BCUT2D eigenvalue weighted by Crippen LogP contribution is 2.41. The molecule has 3 aromatic rings. The van der Waals surface area contributed by atoms with Crippen LogP contribution in [0.1, 0.15) is 30.0 Å². The minimum atomic E-state index is -0.0282. The van der Waals surface area contributed by atoms with Crippen molar-refractivity contribution in [3.8, 4) is 5.75 Å². The molecule has 0 bridgehead atoms. The van der Waals surface area contributed by atoms with Crippen LogP contribution in [0.2, 0.25) is 5.02 Å². The Morgan fingerprint density at radius 1 is 1.12 bits per heavy atom. The number of pyridine rings is 1. The zero-order valence-electron chi connectivity index (χ0n) is 13.6. The molecule has 5 heteroatoms. The van der Waals surface area contributed by atoms with E-state index in [1.165, 1.54) is 12.8 Å². The number of likely N-dealkylation sites (tertiary alicyclic amines) is 1. The van der Waals surface area contributed by atoms with Crippen molar-refractivity contribution in [2.24, 2.45) is 0 Å². The molecule has 1 fully saturated rings. The summed E-state index contributed by atoms with van der Waals surface area (Å²) < 4.78 is 1.04. The van der Waals surface area contributed by atoms with Gasteiger partial charge in [0.1, 0.15) is 11.3 Å². The molecular weight excluding hydrogens is 400 g/mol. The molecule has 3 nitrogen and oxygen atoms in total. The zero-order chi connectivity index (χ0) is 17.4. The van der Waals surface area contributed by atoms with Crippen LogP contribution in [-0.4, -0.2) is 28.1 Å². The molecular formula is C20H18BrClN2O. The summed E-state index contributed by atoms with van der Waals surface area (Å²) in [5.74, 6) is 0.222. The Balaban J connectivity index is 1.91. The van der Waals surface area contributed by atoms with Crippen molar-refractivity contribution in [3.05, 3.63) is 69.3 Å². The van der Waals surface area contributed by atoms with Gasteiger partial charge < -0.3 is 5.11 Å². The van der Waals surface area contributed by atoms with Crippen LogP contribution < -0.4 is 0 Å². The fraction of sp³-hybridized carbons (Fsp3) is 0.250. The number of fused-ring (bicyclic) bond motifs is 1. The van der Waals surface area contributed by atoms with Crippen molar-refractivity contribution in [2.45, 2.75) is 18.9 Å². The number of aromatic nitrogens is 1. The predicted molar refractivity (Wildman–Crippen MR) is 105 cm³/mol. The first kappa shape index (κ1) is 16.8. The van der Waals surface area contributed by atoms with E-state index >= 15 is 0 Å². The Morgan fingerprint density at radius 3 is 2.56 bits per heavy atom. The summed E-state index contributed by atoms with van der Waals surface area (Å²) in [6.07, 6.45) is 4.04. The lowest BCUT2D eigenvalue weighted by Gasteiger charge is -2.29. The number of hydrogen-bond donors (Lipinski definition) is 1. The van der Waals surface area contributed by atoms with Crippen LogP contribution in [0, 0.1) is 0 Å². The van der Waals surface area contributed by atoms with Crippen LogP contribution in [-0.2, 0) is 0 Å². The molecule has 2 aromatic carbocycles. The van der Waals surface area contributed by atoms with Gasteiger partial charge in [0.05, 0.1) is 11.1 Å². The Labute approximate surface area is 160 Å². The van der Waals surface area contributed by atoms with Gasteiger partial charge in [0.15, 0.2) is 0 Å². The molecule has 0 unspecified atom stereocenters. The van der Waals surface area contributed by atoms with Gasteiger partial charge in [0.25, 0.3) is 0 Å². The quantitative estimate of drug-likeness (QED) is 0.607. The van der Waals surface area contributed by atoms with Crippen molar-refractivity contribution in [1.82, 2.24) is 9.88 Å². The van der Waals surface area contributed by atoms with Gasteiger partial charge in [-0.05, 0) is 61.8 Å². The van der Waals surface area contributed by atoms with Gasteiger partial charge in [-0.3, -0.25) is 9.88 Å². The molecule has 0 radical (unpaired) electrons. The lowest BCUT2D eigenvalue weighted by Crippen LogP contribution is -2.26. The molecule has 0 aliphatic carbocycles. The summed E-state index contributed by atoms with van der Waals surface area (Å²) in [6.45, 7) is 2.02. The summed E-state index contributed by atoms with van der Waals surface area (Å²) in [5, 5.41) is 12.4. The van der Waals surface area contributed by atoms with Gasteiger partial charge in [-0.15, -0.1) is 0 Å². The summed E-state index contributed by atoms with van der Waals surface area (Å²) in [5.41, 5.74) is 2.53. The van der Waals surface area contributed by atoms with E-state index in [9.17, 15) is 5.11 Å². The smallest absolute Gasteiger partial charge is 0.147 e. The number of phenols is 1. The van der Waals surface area contributed by atoms with Crippen molar-refractivity contribution in [2.75, 3.05) is 13.1 Å². The van der Waals surface area contributed by atoms with Crippen molar-refractivity contribution < 1.29 is 5.11 Å². The van der Waals surface area contributed by atoms with E-state index in [1.807, 2.05) is 30.3 Å². The third-order valence-corrected chi connectivity index (χ3v) is 5.67. The lowest BCUT2D eigenvalue weighted by molar-refractivity contribution is 0.275. The second-order valence-electron chi connectivity index (χ2n) is 6.39. The number of aromatic hydroxyl groups is 1. The highest BCUT2D eigenvalue weighted by molar-refractivity contribution is 9.10. The molecule has 1 atom stereocenters. The maximum absolute atomic E-state index is 11.0. The molecule has 4 rings (SSSR count). The summed E-state index contributed by atoms with van der Waals surface area (Å²) in [6, 6.07) is 13.9. The highest BCUT2D eigenvalue weighted by Gasteiger charge is 2.28. The molecule has 1 N–H and O–H groups in total. The molecule has 1 aliphatic rings. The zero-order valence-corrected chi connectivity index (χ0v) is 16.0. The molecule has 0 saturated carbocycles. The monoisotopic (exact) mass is 416 g/mol. The van der Waals surface area contributed by atoms with Crippen LogP contribution in [0.3, 0.4) is 0 Å². The molecule has 1 aliphatic heterocycles. The van der Waals surface area contributed by atoms with Crippen LogP contribution in [0.25, 0.3) is 10.9 Å². The van der Waals surface area contributed by atoms with Gasteiger partial charge in [-0.25, -0.2) is 0 Å². The maximum Gasteiger partial charge on any atom is 0.147 e. The number of halogens is 2. The first-order valence-corrected chi connectivity index (χ1v) is 9.58. The third-order valence-electron chi connectivity index (χ3n) is 4.83. The fourth-order valence-electron chi connectivity index (χ4n) is 3.65. The summed E-state index contributed by atoms with van der Waals surface area (Å²) >= 11 is 10.0. The largest absolute Gasteiger partial charge is 0.505 e. The second kappa shape index (κ2) is 6.94. The Morgan fingerprint density at radius 2 is 1.84 bits per heavy atom. The van der Waals surface area contributed by atoms with E-state index in [0.29, 0.717) is 10.5 Å². The number of phenolic OH excluding ortho intramolecular Hbond substituents is 1. The Kier molecular flexibility index (Phi) is 4.67. The van der Waals surface area contributed by atoms with Gasteiger partial charge >= 0.3 is 0 Å². The second-order valence-corrected chi connectivity index (χ2v) is 7.72. The molecule has 1 saturated heterocycles. The third kappa shape index (κ3) is 3.14. The normalized spacial score (nSPS) is 16.4. The van der Waals surface area contributed by atoms with Gasteiger partial charge in [0.2, 0.25) is 0 Å². The summed E-state index contributed by atoms with van der Waals surface area (Å²) in [7, 11) is 0. The van der Waals surface area contributed by atoms with E-state index in [0.717, 1.165) is 34.1 Å². The van der Waals surface area contributed by atoms with E-state index in [2.05, 4.69) is 37.9 Å².